The molecule has 0 atom stereocenters. The average Bonchev–Trinajstić information content (AvgIpc) is 2.75. The van der Waals surface area contributed by atoms with Gasteiger partial charge in [0, 0.05) is 30.2 Å². The van der Waals surface area contributed by atoms with Gasteiger partial charge in [-0.3, -0.25) is 14.5 Å². The van der Waals surface area contributed by atoms with E-state index in [1.165, 1.54) is 5.56 Å². The number of anilines is 3. The maximum atomic E-state index is 12.3. The zero-order valence-corrected chi connectivity index (χ0v) is 17.7. The van der Waals surface area contributed by atoms with Crippen molar-refractivity contribution in [1.29, 1.82) is 0 Å². The van der Waals surface area contributed by atoms with Crippen LogP contribution in [0.1, 0.15) is 12.5 Å². The third-order valence-corrected chi connectivity index (χ3v) is 5.00. The van der Waals surface area contributed by atoms with E-state index in [1.807, 2.05) is 48.5 Å². The first-order chi connectivity index (χ1) is 14.5. The Kier molecular flexibility index (Phi) is 7.82. The van der Waals surface area contributed by atoms with Crippen LogP contribution in [0.5, 0.6) is 0 Å². The van der Waals surface area contributed by atoms with E-state index in [0.29, 0.717) is 0 Å². The molecule has 0 aliphatic carbocycles. The summed E-state index contributed by atoms with van der Waals surface area (Å²) in [6, 6.07) is 15.6. The molecule has 0 bridgehead atoms. The summed E-state index contributed by atoms with van der Waals surface area (Å²) in [5, 5.41) is 5.74. The van der Waals surface area contributed by atoms with Crippen LogP contribution in [0.25, 0.3) is 0 Å². The van der Waals surface area contributed by atoms with Gasteiger partial charge in [0.1, 0.15) is 0 Å². The normalized spacial score (nSPS) is 13.9. The predicted octanol–water partition coefficient (Wildman–Crippen LogP) is 2.59. The molecule has 0 spiro atoms. The molecular formula is C23H30N4O3. The Morgan fingerprint density at radius 2 is 1.40 bits per heavy atom. The number of morpholine rings is 1. The average molecular weight is 411 g/mol. The summed E-state index contributed by atoms with van der Waals surface area (Å²) in [6.45, 7) is 5.59. The molecule has 2 N–H and O–H groups in total. The number of amides is 2. The molecule has 0 saturated carbocycles. The molecule has 7 heteroatoms. The second-order valence-electron chi connectivity index (χ2n) is 7.47. The Morgan fingerprint density at radius 1 is 0.900 bits per heavy atom. The van der Waals surface area contributed by atoms with Gasteiger partial charge in [0.15, 0.2) is 0 Å². The van der Waals surface area contributed by atoms with Crippen LogP contribution in [0.15, 0.2) is 48.5 Å². The van der Waals surface area contributed by atoms with Crippen molar-refractivity contribution in [2.75, 3.05) is 62.0 Å². The van der Waals surface area contributed by atoms with E-state index < -0.39 is 0 Å². The van der Waals surface area contributed by atoms with E-state index in [0.717, 1.165) is 49.8 Å². The summed E-state index contributed by atoms with van der Waals surface area (Å²) in [7, 11) is 1.75. The molecule has 2 amide bonds. The summed E-state index contributed by atoms with van der Waals surface area (Å²) >= 11 is 0. The van der Waals surface area contributed by atoms with Gasteiger partial charge in [-0.05, 0) is 55.4 Å². The van der Waals surface area contributed by atoms with Crippen LogP contribution in [0, 0.1) is 0 Å². The molecule has 1 aliphatic rings. The number of nitrogens with zero attached hydrogens (tertiary/aromatic N) is 2. The smallest absolute Gasteiger partial charge is 0.238 e. The fourth-order valence-electron chi connectivity index (χ4n) is 3.35. The maximum Gasteiger partial charge on any atom is 0.238 e. The van der Waals surface area contributed by atoms with Gasteiger partial charge < -0.3 is 20.3 Å². The van der Waals surface area contributed by atoms with Crippen molar-refractivity contribution >= 4 is 28.9 Å². The lowest BCUT2D eigenvalue weighted by Gasteiger charge is -2.28. The maximum absolute atomic E-state index is 12.3. The number of aryl methyl sites for hydroxylation is 1. The quantitative estimate of drug-likeness (QED) is 0.700. The number of hydrogen-bond donors (Lipinski definition) is 2. The van der Waals surface area contributed by atoms with Gasteiger partial charge in [-0.2, -0.15) is 0 Å². The number of carbonyl (C=O) groups is 2. The van der Waals surface area contributed by atoms with Gasteiger partial charge in [0.25, 0.3) is 0 Å². The van der Waals surface area contributed by atoms with E-state index >= 15 is 0 Å². The minimum absolute atomic E-state index is 0.132. The van der Waals surface area contributed by atoms with Crippen molar-refractivity contribution in [3.8, 4) is 0 Å². The number of hydrogen-bond acceptors (Lipinski definition) is 5. The first-order valence-corrected chi connectivity index (χ1v) is 10.3. The number of nitrogens with one attached hydrogen (secondary N) is 2. The van der Waals surface area contributed by atoms with E-state index in [1.54, 1.807) is 11.9 Å². The largest absolute Gasteiger partial charge is 0.378 e. The highest BCUT2D eigenvalue weighted by Crippen LogP contribution is 2.19. The first kappa shape index (κ1) is 21.8. The highest BCUT2D eigenvalue weighted by Gasteiger charge is 2.13. The first-order valence-electron chi connectivity index (χ1n) is 10.3. The third kappa shape index (κ3) is 6.57. The van der Waals surface area contributed by atoms with Crippen molar-refractivity contribution in [3.63, 3.8) is 0 Å². The highest BCUT2D eigenvalue weighted by atomic mass is 16.5. The number of ether oxygens (including phenoxy) is 1. The molecule has 30 heavy (non-hydrogen) atoms. The number of benzene rings is 2. The van der Waals surface area contributed by atoms with Crippen molar-refractivity contribution in [1.82, 2.24) is 4.90 Å². The monoisotopic (exact) mass is 410 g/mol. The van der Waals surface area contributed by atoms with Crippen molar-refractivity contribution in [2.45, 2.75) is 13.3 Å². The van der Waals surface area contributed by atoms with Crippen molar-refractivity contribution in [3.05, 3.63) is 54.1 Å². The second kappa shape index (κ2) is 10.8. The highest BCUT2D eigenvalue weighted by molar-refractivity contribution is 5.94. The lowest BCUT2D eigenvalue weighted by atomic mass is 10.1. The SMILES string of the molecule is CCc1ccc(NC(=O)CN(C)CC(=O)Nc2ccc(N3CCOCC3)cc2)cc1. The standard InChI is InChI=1S/C23H30N4O3/c1-3-18-4-6-19(7-5-18)24-22(28)16-26(2)17-23(29)25-20-8-10-21(11-9-20)27-12-14-30-15-13-27/h4-11H,3,12-17H2,1-2H3,(H,24,28)(H,25,29). The molecule has 1 saturated heterocycles. The summed E-state index contributed by atoms with van der Waals surface area (Å²) in [5.41, 5.74) is 3.85. The Hall–Kier alpha value is -2.90. The van der Waals surface area contributed by atoms with Crippen LogP contribution in [0.3, 0.4) is 0 Å². The molecule has 1 aliphatic heterocycles. The minimum Gasteiger partial charge on any atom is -0.378 e. The van der Waals surface area contributed by atoms with Gasteiger partial charge in [-0.25, -0.2) is 0 Å². The summed E-state index contributed by atoms with van der Waals surface area (Å²) < 4.78 is 5.37. The molecule has 0 unspecified atom stereocenters. The second-order valence-corrected chi connectivity index (χ2v) is 7.47. The van der Waals surface area contributed by atoms with Crippen LogP contribution < -0.4 is 15.5 Å². The zero-order valence-electron chi connectivity index (χ0n) is 17.7. The van der Waals surface area contributed by atoms with Crippen LogP contribution in [-0.2, 0) is 20.7 Å². The fraction of sp³-hybridized carbons (Fsp3) is 0.391. The number of rotatable bonds is 8. The van der Waals surface area contributed by atoms with E-state index in [4.69, 9.17) is 4.74 Å². The molecule has 2 aromatic rings. The molecule has 7 nitrogen and oxygen atoms in total. The summed E-state index contributed by atoms with van der Waals surface area (Å²) in [5.74, 6) is -0.305. The fourth-order valence-corrected chi connectivity index (χ4v) is 3.35. The topological polar surface area (TPSA) is 73.9 Å². The van der Waals surface area contributed by atoms with Gasteiger partial charge in [-0.15, -0.1) is 0 Å². The van der Waals surface area contributed by atoms with Crippen molar-refractivity contribution in [2.24, 2.45) is 0 Å². The molecule has 3 rings (SSSR count). The van der Waals surface area contributed by atoms with Gasteiger partial charge in [0.2, 0.25) is 11.8 Å². The molecule has 0 radical (unpaired) electrons. The van der Waals surface area contributed by atoms with Crippen LogP contribution >= 0.6 is 0 Å². The van der Waals surface area contributed by atoms with Crippen LogP contribution in [0.4, 0.5) is 17.1 Å². The van der Waals surface area contributed by atoms with E-state index in [9.17, 15) is 9.59 Å². The van der Waals surface area contributed by atoms with E-state index in [-0.39, 0.29) is 24.9 Å². The van der Waals surface area contributed by atoms with E-state index in [2.05, 4.69) is 22.5 Å². The molecule has 1 fully saturated rings. The van der Waals surface area contributed by atoms with Crippen LogP contribution in [-0.4, -0.2) is 63.2 Å². The summed E-state index contributed by atoms with van der Waals surface area (Å²) in [6.07, 6.45) is 0.960. The van der Waals surface area contributed by atoms with Gasteiger partial charge in [0.05, 0.1) is 26.3 Å². The van der Waals surface area contributed by atoms with Gasteiger partial charge >= 0.3 is 0 Å². The Morgan fingerprint density at radius 3 is 1.90 bits per heavy atom. The molecule has 160 valence electrons. The molecule has 1 heterocycles. The Balaban J connectivity index is 1.42. The van der Waals surface area contributed by atoms with Gasteiger partial charge in [-0.1, -0.05) is 19.1 Å². The Labute approximate surface area is 178 Å². The molecule has 0 aromatic heterocycles. The third-order valence-electron chi connectivity index (χ3n) is 5.00. The Bertz CT molecular complexity index is 831. The lowest BCUT2D eigenvalue weighted by Crippen LogP contribution is -2.36. The molecular weight excluding hydrogens is 380 g/mol. The molecule has 2 aromatic carbocycles. The zero-order chi connectivity index (χ0) is 21.3. The number of likely N-dealkylation sites (N-methyl/N-ethyl adjacent to an activating group) is 1. The number of carbonyl (C=O) groups excluding carboxylic acids is 2. The summed E-state index contributed by atoms with van der Waals surface area (Å²) in [4.78, 5) is 28.5. The predicted molar refractivity (Wildman–Crippen MR) is 120 cm³/mol. The van der Waals surface area contributed by atoms with Crippen LogP contribution in [0.2, 0.25) is 0 Å². The van der Waals surface area contributed by atoms with Crippen molar-refractivity contribution < 1.29 is 14.3 Å². The lowest BCUT2D eigenvalue weighted by molar-refractivity contribution is -0.119. The minimum atomic E-state index is -0.156.